The molecule has 0 aliphatic carbocycles. The number of benzene rings is 2. The standard InChI is InChI=1S/C25H21BrFN3O3/c1-13-5-7-19(9-14(13)2)30-24(32)20(23(31)28-25(30)33)11-17-10-15(3)29(16(17)4)22-8-6-18(26)12-21(22)27/h5-12H,1-4H3,(H,28,31,33)/b20-11+. The summed E-state index contributed by atoms with van der Waals surface area (Å²) in [7, 11) is 0. The van der Waals surface area contributed by atoms with Crippen LogP contribution in [0.3, 0.4) is 0 Å². The van der Waals surface area contributed by atoms with Crippen molar-refractivity contribution in [3.05, 3.63) is 86.4 Å². The first kappa shape index (κ1) is 22.7. The molecule has 0 unspecified atom stereocenters. The van der Waals surface area contributed by atoms with Crippen LogP contribution in [0.4, 0.5) is 14.9 Å². The average molecular weight is 510 g/mol. The maximum absolute atomic E-state index is 14.6. The number of nitrogens with zero attached hydrogens (tertiary/aromatic N) is 2. The Morgan fingerprint density at radius 3 is 2.33 bits per heavy atom. The Morgan fingerprint density at radius 2 is 1.67 bits per heavy atom. The van der Waals surface area contributed by atoms with E-state index in [4.69, 9.17) is 0 Å². The Balaban J connectivity index is 1.78. The summed E-state index contributed by atoms with van der Waals surface area (Å²) in [5.41, 5.74) is 4.43. The first-order chi connectivity index (χ1) is 15.6. The zero-order chi connectivity index (χ0) is 24.0. The lowest BCUT2D eigenvalue weighted by Gasteiger charge is -2.26. The molecule has 0 radical (unpaired) electrons. The van der Waals surface area contributed by atoms with E-state index >= 15 is 0 Å². The molecule has 4 amide bonds. The number of aryl methyl sites for hydroxylation is 3. The van der Waals surface area contributed by atoms with Crippen LogP contribution in [0.2, 0.25) is 0 Å². The van der Waals surface area contributed by atoms with E-state index in [0.717, 1.165) is 21.7 Å². The maximum Gasteiger partial charge on any atom is 0.335 e. The summed E-state index contributed by atoms with van der Waals surface area (Å²) in [6, 6.07) is 10.9. The number of aromatic nitrogens is 1. The van der Waals surface area contributed by atoms with Gasteiger partial charge in [-0.2, -0.15) is 0 Å². The van der Waals surface area contributed by atoms with Gasteiger partial charge in [-0.05, 0) is 86.9 Å². The van der Waals surface area contributed by atoms with Crippen molar-refractivity contribution in [2.24, 2.45) is 0 Å². The van der Waals surface area contributed by atoms with Crippen LogP contribution in [-0.4, -0.2) is 22.4 Å². The van der Waals surface area contributed by atoms with Gasteiger partial charge in [0.15, 0.2) is 0 Å². The van der Waals surface area contributed by atoms with Crippen LogP contribution < -0.4 is 10.2 Å². The van der Waals surface area contributed by atoms with Crippen LogP contribution in [0.15, 0.2) is 52.5 Å². The van der Waals surface area contributed by atoms with Gasteiger partial charge in [0.25, 0.3) is 11.8 Å². The van der Waals surface area contributed by atoms with Gasteiger partial charge in [-0.3, -0.25) is 14.9 Å². The molecule has 1 aliphatic rings. The van der Waals surface area contributed by atoms with E-state index in [0.29, 0.717) is 27.1 Å². The third kappa shape index (κ3) is 4.02. The van der Waals surface area contributed by atoms with Gasteiger partial charge in [-0.15, -0.1) is 0 Å². The van der Waals surface area contributed by atoms with Gasteiger partial charge in [-0.25, -0.2) is 14.1 Å². The van der Waals surface area contributed by atoms with Crippen LogP contribution in [0, 0.1) is 33.5 Å². The zero-order valence-corrected chi connectivity index (χ0v) is 20.1. The van der Waals surface area contributed by atoms with Gasteiger partial charge in [0.1, 0.15) is 11.4 Å². The third-order valence-electron chi connectivity index (χ3n) is 5.77. The molecule has 0 spiro atoms. The molecular weight excluding hydrogens is 489 g/mol. The van der Waals surface area contributed by atoms with E-state index in [-0.39, 0.29) is 5.57 Å². The fourth-order valence-corrected chi connectivity index (χ4v) is 4.21. The highest BCUT2D eigenvalue weighted by molar-refractivity contribution is 9.10. The van der Waals surface area contributed by atoms with E-state index in [1.54, 1.807) is 41.8 Å². The molecule has 4 rings (SSSR count). The second-order valence-electron chi connectivity index (χ2n) is 7.98. The summed E-state index contributed by atoms with van der Waals surface area (Å²) in [6.07, 6.45) is 1.44. The van der Waals surface area contributed by atoms with E-state index in [9.17, 15) is 18.8 Å². The highest BCUT2D eigenvalue weighted by Gasteiger charge is 2.37. The van der Waals surface area contributed by atoms with Crippen LogP contribution in [0.5, 0.6) is 0 Å². The summed E-state index contributed by atoms with van der Waals surface area (Å²) in [5, 5.41) is 2.24. The number of halogens is 2. The summed E-state index contributed by atoms with van der Waals surface area (Å²) in [5.74, 6) is -1.90. The molecule has 2 aromatic carbocycles. The highest BCUT2D eigenvalue weighted by atomic mass is 79.9. The minimum atomic E-state index is -0.798. The fourth-order valence-electron chi connectivity index (χ4n) is 3.88. The number of hydrogen-bond acceptors (Lipinski definition) is 3. The van der Waals surface area contributed by atoms with Gasteiger partial charge in [0.2, 0.25) is 0 Å². The lowest BCUT2D eigenvalue weighted by molar-refractivity contribution is -0.122. The Labute approximate surface area is 198 Å². The van der Waals surface area contributed by atoms with Crippen LogP contribution in [-0.2, 0) is 9.59 Å². The Bertz CT molecular complexity index is 1370. The van der Waals surface area contributed by atoms with Crippen molar-refractivity contribution in [1.82, 2.24) is 9.88 Å². The molecule has 33 heavy (non-hydrogen) atoms. The predicted molar refractivity (Wildman–Crippen MR) is 128 cm³/mol. The smallest absolute Gasteiger partial charge is 0.315 e. The van der Waals surface area contributed by atoms with Crippen LogP contribution >= 0.6 is 15.9 Å². The van der Waals surface area contributed by atoms with Gasteiger partial charge in [-0.1, -0.05) is 22.0 Å². The SMILES string of the molecule is Cc1ccc(N2C(=O)NC(=O)/C(=C\c3cc(C)n(-c4ccc(Br)cc4F)c3C)C2=O)cc1C. The van der Waals surface area contributed by atoms with Crippen molar-refractivity contribution >= 4 is 45.5 Å². The summed E-state index contributed by atoms with van der Waals surface area (Å²) < 4.78 is 16.9. The molecule has 3 aromatic rings. The van der Waals surface area contributed by atoms with Crippen molar-refractivity contribution in [3.8, 4) is 5.69 Å². The Kier molecular flexibility index (Phi) is 5.80. The van der Waals surface area contributed by atoms with E-state index in [1.165, 1.54) is 12.1 Å². The van der Waals surface area contributed by atoms with Gasteiger partial charge < -0.3 is 4.57 Å². The first-order valence-corrected chi connectivity index (χ1v) is 11.0. The Hall–Kier alpha value is -3.52. The number of anilines is 1. The molecule has 0 bridgehead atoms. The molecule has 1 aromatic heterocycles. The van der Waals surface area contributed by atoms with Gasteiger partial charge in [0.05, 0.1) is 11.4 Å². The summed E-state index contributed by atoms with van der Waals surface area (Å²) in [4.78, 5) is 39.2. The predicted octanol–water partition coefficient (Wildman–Crippen LogP) is 5.28. The number of imide groups is 2. The maximum atomic E-state index is 14.6. The van der Waals surface area contributed by atoms with Crippen LogP contribution in [0.1, 0.15) is 28.1 Å². The van der Waals surface area contributed by atoms with Gasteiger partial charge in [0, 0.05) is 15.9 Å². The molecule has 6 nitrogen and oxygen atoms in total. The average Bonchev–Trinajstić information content (AvgIpc) is 3.01. The van der Waals surface area contributed by atoms with Crippen LogP contribution in [0.25, 0.3) is 11.8 Å². The van der Waals surface area contributed by atoms with Crippen molar-refractivity contribution in [2.45, 2.75) is 27.7 Å². The highest BCUT2D eigenvalue weighted by Crippen LogP contribution is 2.28. The number of carbonyl (C=O) groups is 3. The zero-order valence-electron chi connectivity index (χ0n) is 18.5. The molecule has 1 N–H and O–H groups in total. The molecular formula is C25H21BrFN3O3. The summed E-state index contributed by atoms with van der Waals surface area (Å²) >= 11 is 3.26. The third-order valence-corrected chi connectivity index (χ3v) is 6.26. The number of amides is 4. The van der Waals surface area contributed by atoms with E-state index in [1.807, 2.05) is 26.8 Å². The molecule has 1 fully saturated rings. The molecule has 8 heteroatoms. The second kappa shape index (κ2) is 8.44. The summed E-state index contributed by atoms with van der Waals surface area (Å²) in [6.45, 7) is 7.39. The van der Waals surface area contributed by atoms with Crippen molar-refractivity contribution in [2.75, 3.05) is 4.90 Å². The minimum Gasteiger partial charge on any atom is -0.315 e. The molecule has 0 atom stereocenters. The minimum absolute atomic E-state index is 0.177. The van der Waals surface area contributed by atoms with E-state index in [2.05, 4.69) is 21.2 Å². The number of nitrogens with one attached hydrogen (secondary N) is 1. The number of hydrogen-bond donors (Lipinski definition) is 1. The number of rotatable bonds is 3. The Morgan fingerprint density at radius 1 is 0.939 bits per heavy atom. The molecule has 1 saturated heterocycles. The lowest BCUT2D eigenvalue weighted by atomic mass is 10.1. The fraction of sp³-hybridized carbons (Fsp3) is 0.160. The van der Waals surface area contributed by atoms with Crippen molar-refractivity contribution < 1.29 is 18.8 Å². The monoisotopic (exact) mass is 509 g/mol. The number of barbiturate groups is 1. The number of carbonyl (C=O) groups excluding carboxylic acids is 3. The quantitative estimate of drug-likeness (QED) is 0.385. The topological polar surface area (TPSA) is 71.4 Å². The molecule has 2 heterocycles. The van der Waals surface area contributed by atoms with Crippen molar-refractivity contribution in [3.63, 3.8) is 0 Å². The first-order valence-electron chi connectivity index (χ1n) is 10.2. The van der Waals surface area contributed by atoms with Gasteiger partial charge >= 0.3 is 6.03 Å². The largest absolute Gasteiger partial charge is 0.335 e. The molecule has 1 aliphatic heterocycles. The normalized spacial score (nSPS) is 15.4. The molecule has 0 saturated carbocycles. The lowest BCUT2D eigenvalue weighted by Crippen LogP contribution is -2.54. The number of urea groups is 1. The second-order valence-corrected chi connectivity index (χ2v) is 8.90. The van der Waals surface area contributed by atoms with E-state index < -0.39 is 23.7 Å². The van der Waals surface area contributed by atoms with Crippen molar-refractivity contribution in [1.29, 1.82) is 0 Å². The molecule has 168 valence electrons.